The predicted octanol–water partition coefficient (Wildman–Crippen LogP) is 2.78. The Balaban J connectivity index is 1.97. The SMILES string of the molecule is Cc1cc2nc(Sc3nnc(C)n3C)c3ccccc3n2n1. The Morgan fingerprint density at radius 2 is 1.91 bits per heavy atom. The highest BCUT2D eigenvalue weighted by molar-refractivity contribution is 7.99. The Kier molecular flexibility index (Phi) is 2.90. The summed E-state index contributed by atoms with van der Waals surface area (Å²) in [6, 6.07) is 10.1. The molecular weight excluding hydrogens is 296 g/mol. The van der Waals surface area contributed by atoms with Crippen LogP contribution in [0.15, 0.2) is 40.5 Å². The fourth-order valence-electron chi connectivity index (χ4n) is 2.39. The first-order chi connectivity index (χ1) is 10.6. The molecule has 0 atom stereocenters. The summed E-state index contributed by atoms with van der Waals surface area (Å²) in [5, 5.41) is 15.6. The van der Waals surface area contributed by atoms with Crippen LogP contribution in [0.3, 0.4) is 0 Å². The zero-order chi connectivity index (χ0) is 15.3. The Labute approximate surface area is 131 Å². The third-order valence-electron chi connectivity index (χ3n) is 3.63. The van der Waals surface area contributed by atoms with E-state index in [1.54, 1.807) is 0 Å². The second kappa shape index (κ2) is 4.81. The second-order valence-electron chi connectivity index (χ2n) is 5.18. The maximum absolute atomic E-state index is 4.75. The molecule has 22 heavy (non-hydrogen) atoms. The molecule has 0 saturated carbocycles. The van der Waals surface area contributed by atoms with E-state index >= 15 is 0 Å². The molecule has 110 valence electrons. The fourth-order valence-corrected chi connectivity index (χ4v) is 3.33. The van der Waals surface area contributed by atoms with Crippen molar-refractivity contribution in [3.05, 3.63) is 41.9 Å². The van der Waals surface area contributed by atoms with Crippen LogP contribution < -0.4 is 0 Å². The highest BCUT2D eigenvalue weighted by atomic mass is 32.2. The zero-order valence-electron chi connectivity index (χ0n) is 12.5. The number of aromatic nitrogens is 6. The van der Waals surface area contributed by atoms with Gasteiger partial charge in [0.05, 0.1) is 11.2 Å². The molecule has 4 aromatic rings. The minimum Gasteiger partial charge on any atom is -0.309 e. The van der Waals surface area contributed by atoms with E-state index in [9.17, 15) is 0 Å². The predicted molar refractivity (Wildman–Crippen MR) is 85.1 cm³/mol. The van der Waals surface area contributed by atoms with E-state index in [-0.39, 0.29) is 0 Å². The van der Waals surface area contributed by atoms with Crippen molar-refractivity contribution in [2.75, 3.05) is 0 Å². The molecule has 7 heteroatoms. The number of hydrogen-bond acceptors (Lipinski definition) is 5. The molecule has 3 heterocycles. The second-order valence-corrected chi connectivity index (χ2v) is 6.14. The van der Waals surface area contributed by atoms with Gasteiger partial charge in [0, 0.05) is 18.5 Å². The van der Waals surface area contributed by atoms with Crippen molar-refractivity contribution in [1.29, 1.82) is 0 Å². The van der Waals surface area contributed by atoms with E-state index in [4.69, 9.17) is 4.98 Å². The molecule has 0 bridgehead atoms. The van der Waals surface area contributed by atoms with Crippen LogP contribution >= 0.6 is 11.8 Å². The van der Waals surface area contributed by atoms with Gasteiger partial charge in [0.1, 0.15) is 10.9 Å². The van der Waals surface area contributed by atoms with Gasteiger partial charge in [-0.25, -0.2) is 9.50 Å². The first kappa shape index (κ1) is 13.3. The molecule has 3 aromatic heterocycles. The van der Waals surface area contributed by atoms with Crippen LogP contribution in [0.25, 0.3) is 16.6 Å². The van der Waals surface area contributed by atoms with Gasteiger partial charge in [-0.3, -0.25) is 0 Å². The van der Waals surface area contributed by atoms with Crippen LogP contribution in [0.5, 0.6) is 0 Å². The highest BCUT2D eigenvalue weighted by Crippen LogP contribution is 2.31. The first-order valence-electron chi connectivity index (χ1n) is 6.92. The number of nitrogens with zero attached hydrogens (tertiary/aromatic N) is 6. The molecule has 0 N–H and O–H groups in total. The highest BCUT2D eigenvalue weighted by Gasteiger charge is 2.14. The standard InChI is InChI=1S/C15H14N6S/c1-9-8-13-16-14(22-15-18-17-10(2)20(15)3)11-6-4-5-7-12(11)21(13)19-9/h4-8H,1-3H3. The molecule has 0 spiro atoms. The lowest BCUT2D eigenvalue weighted by Crippen LogP contribution is -1.97. The lowest BCUT2D eigenvalue weighted by atomic mass is 10.2. The van der Waals surface area contributed by atoms with E-state index in [1.165, 1.54) is 11.8 Å². The van der Waals surface area contributed by atoms with Crippen LogP contribution in [0.1, 0.15) is 11.5 Å². The maximum atomic E-state index is 4.75. The first-order valence-corrected chi connectivity index (χ1v) is 7.74. The average molecular weight is 310 g/mol. The molecule has 0 radical (unpaired) electrons. The molecule has 4 rings (SSSR count). The lowest BCUT2D eigenvalue weighted by Gasteiger charge is -2.07. The summed E-state index contributed by atoms with van der Waals surface area (Å²) in [6.07, 6.45) is 0. The fraction of sp³-hybridized carbons (Fsp3) is 0.200. The third kappa shape index (κ3) is 1.97. The summed E-state index contributed by atoms with van der Waals surface area (Å²) in [5.41, 5.74) is 2.84. The topological polar surface area (TPSA) is 60.9 Å². The molecule has 0 amide bonds. The van der Waals surface area contributed by atoms with Gasteiger partial charge in [0.25, 0.3) is 0 Å². The van der Waals surface area contributed by atoms with Gasteiger partial charge < -0.3 is 4.57 Å². The lowest BCUT2D eigenvalue weighted by molar-refractivity contribution is 0.765. The van der Waals surface area contributed by atoms with Crippen LogP contribution in [0.4, 0.5) is 0 Å². The summed E-state index contributed by atoms with van der Waals surface area (Å²) in [4.78, 5) is 4.75. The molecular formula is C15H14N6S. The molecule has 0 fully saturated rings. The van der Waals surface area contributed by atoms with Crippen molar-refractivity contribution in [3.63, 3.8) is 0 Å². The molecule has 0 unspecified atom stereocenters. The van der Waals surface area contributed by atoms with Crippen molar-refractivity contribution in [1.82, 2.24) is 29.4 Å². The monoisotopic (exact) mass is 310 g/mol. The van der Waals surface area contributed by atoms with Crippen LogP contribution in [-0.2, 0) is 7.05 Å². The van der Waals surface area contributed by atoms with Gasteiger partial charge in [-0.15, -0.1) is 10.2 Å². The summed E-state index contributed by atoms with van der Waals surface area (Å²) >= 11 is 1.53. The van der Waals surface area contributed by atoms with Gasteiger partial charge in [-0.05, 0) is 31.7 Å². The summed E-state index contributed by atoms with van der Waals surface area (Å²) in [7, 11) is 1.96. The van der Waals surface area contributed by atoms with Crippen LogP contribution in [0.2, 0.25) is 0 Å². The molecule has 0 aliphatic rings. The van der Waals surface area contributed by atoms with Crippen molar-refractivity contribution in [3.8, 4) is 0 Å². The quantitative estimate of drug-likeness (QED) is 0.533. The van der Waals surface area contributed by atoms with Crippen molar-refractivity contribution < 1.29 is 0 Å². The van der Waals surface area contributed by atoms with Gasteiger partial charge in [0.15, 0.2) is 10.8 Å². The minimum atomic E-state index is 0.829. The Morgan fingerprint density at radius 3 is 2.68 bits per heavy atom. The van der Waals surface area contributed by atoms with E-state index in [2.05, 4.69) is 27.4 Å². The summed E-state index contributed by atoms with van der Waals surface area (Å²) in [5.74, 6) is 0.882. The van der Waals surface area contributed by atoms with Crippen molar-refractivity contribution >= 4 is 28.3 Å². The summed E-state index contributed by atoms with van der Waals surface area (Å²) in [6.45, 7) is 3.91. The molecule has 0 aliphatic heterocycles. The van der Waals surface area contributed by atoms with Gasteiger partial charge in [0.2, 0.25) is 0 Å². The van der Waals surface area contributed by atoms with Gasteiger partial charge >= 0.3 is 0 Å². The number of benzene rings is 1. The molecule has 1 aromatic carbocycles. The number of fused-ring (bicyclic) bond motifs is 3. The van der Waals surface area contributed by atoms with Crippen molar-refractivity contribution in [2.24, 2.45) is 7.05 Å². The van der Waals surface area contributed by atoms with Gasteiger partial charge in [-0.1, -0.05) is 18.2 Å². The Morgan fingerprint density at radius 1 is 1.09 bits per heavy atom. The number of aryl methyl sites for hydroxylation is 2. The van der Waals surface area contributed by atoms with E-state index in [1.807, 2.05) is 48.2 Å². The Bertz CT molecular complexity index is 1000. The van der Waals surface area contributed by atoms with Gasteiger partial charge in [-0.2, -0.15) is 5.10 Å². The number of hydrogen-bond donors (Lipinski definition) is 0. The molecule has 0 saturated heterocycles. The zero-order valence-corrected chi connectivity index (χ0v) is 13.3. The number of para-hydroxylation sites is 1. The maximum Gasteiger partial charge on any atom is 0.197 e. The summed E-state index contributed by atoms with van der Waals surface area (Å²) < 4.78 is 3.85. The minimum absolute atomic E-state index is 0.829. The molecule has 6 nitrogen and oxygen atoms in total. The van der Waals surface area contributed by atoms with Crippen LogP contribution in [-0.4, -0.2) is 29.4 Å². The molecule has 0 aliphatic carbocycles. The average Bonchev–Trinajstić information content (AvgIpc) is 3.04. The third-order valence-corrected chi connectivity index (χ3v) is 4.67. The smallest absolute Gasteiger partial charge is 0.197 e. The number of rotatable bonds is 2. The Hall–Kier alpha value is -2.41. The van der Waals surface area contributed by atoms with Crippen LogP contribution in [0, 0.1) is 13.8 Å². The van der Waals surface area contributed by atoms with E-state index in [0.717, 1.165) is 38.3 Å². The largest absolute Gasteiger partial charge is 0.309 e. The van der Waals surface area contributed by atoms with Crippen molar-refractivity contribution in [2.45, 2.75) is 24.0 Å². The normalized spacial score (nSPS) is 11.6. The van der Waals surface area contributed by atoms with E-state index < -0.39 is 0 Å². The van der Waals surface area contributed by atoms with E-state index in [0.29, 0.717) is 0 Å².